The number of nitrogens with one attached hydrogen (secondary N) is 2. The lowest BCUT2D eigenvalue weighted by molar-refractivity contribution is -0.859. The number of quaternary nitrogens is 1. The van der Waals surface area contributed by atoms with Gasteiger partial charge in [-0.15, -0.1) is 0 Å². The molecular formula is C21H36N2O4. The van der Waals surface area contributed by atoms with E-state index in [1.54, 1.807) is 0 Å². The molecule has 6 nitrogen and oxygen atoms in total. The van der Waals surface area contributed by atoms with Gasteiger partial charge in [0.15, 0.2) is 0 Å². The fourth-order valence-electron chi connectivity index (χ4n) is 2.84. The predicted octanol–water partition coefficient (Wildman–Crippen LogP) is 0.336. The molecule has 0 spiro atoms. The van der Waals surface area contributed by atoms with Gasteiger partial charge in [-0.1, -0.05) is 32.9 Å². The van der Waals surface area contributed by atoms with Crippen LogP contribution < -0.4 is 15.3 Å². The Labute approximate surface area is 163 Å². The van der Waals surface area contributed by atoms with Crippen LogP contribution in [0.1, 0.15) is 57.7 Å². The molecule has 0 aliphatic carbocycles. The number of carboxylic acids is 1. The molecule has 1 rings (SSSR count). The average Bonchev–Trinajstić information content (AvgIpc) is 2.45. The number of hydrogen-bond donors (Lipinski definition) is 3. The van der Waals surface area contributed by atoms with Crippen molar-refractivity contribution in [2.75, 3.05) is 20.6 Å². The van der Waals surface area contributed by atoms with E-state index < -0.39 is 5.97 Å². The maximum Gasteiger partial charge on any atom is 0.220 e. The normalized spacial score (nSPS) is 12.2. The van der Waals surface area contributed by atoms with Crippen LogP contribution in [0.15, 0.2) is 12.1 Å². The first-order valence-corrected chi connectivity index (χ1v) is 9.33. The number of phenolic OH excluding ortho intramolecular Hbond substituents is 1. The van der Waals surface area contributed by atoms with Crippen molar-refractivity contribution in [3.8, 4) is 5.75 Å². The number of carbonyl (C=O) groups excluding carboxylic acids is 2. The molecule has 0 aromatic heterocycles. The lowest BCUT2D eigenvalue weighted by atomic mass is 9.83. The summed E-state index contributed by atoms with van der Waals surface area (Å²) in [6.45, 7) is 12.1. The highest BCUT2D eigenvalue weighted by molar-refractivity contribution is 5.76. The SMILES string of the molecule is CC(=O)[O-].Cc1cc(CCC(=O)NC(C)C[NH+](C)C)cc(C(C)(C)C)c1O. The summed E-state index contributed by atoms with van der Waals surface area (Å²) >= 11 is 0. The number of phenols is 1. The molecule has 1 unspecified atom stereocenters. The molecule has 0 radical (unpaired) electrons. The van der Waals surface area contributed by atoms with Gasteiger partial charge in [-0.3, -0.25) is 4.79 Å². The predicted molar refractivity (Wildman–Crippen MR) is 106 cm³/mol. The van der Waals surface area contributed by atoms with Crippen LogP contribution in [-0.4, -0.2) is 43.7 Å². The molecule has 0 aliphatic rings. The van der Waals surface area contributed by atoms with Crippen molar-refractivity contribution < 1.29 is 24.7 Å². The number of amides is 1. The molecule has 0 aliphatic heterocycles. The minimum atomic E-state index is -1.08. The van der Waals surface area contributed by atoms with Crippen LogP contribution in [-0.2, 0) is 21.4 Å². The molecule has 6 heteroatoms. The van der Waals surface area contributed by atoms with Crippen molar-refractivity contribution in [3.05, 3.63) is 28.8 Å². The third-order valence-corrected chi connectivity index (χ3v) is 3.93. The largest absolute Gasteiger partial charge is 0.550 e. The number of hydrogen-bond acceptors (Lipinski definition) is 4. The van der Waals surface area contributed by atoms with E-state index in [4.69, 9.17) is 9.90 Å². The molecule has 0 saturated carbocycles. The number of aromatic hydroxyl groups is 1. The van der Waals surface area contributed by atoms with Crippen molar-refractivity contribution in [1.82, 2.24) is 5.32 Å². The standard InChI is InChI=1S/C19H32N2O2.C2H4O2/c1-13-10-15(11-16(18(13)23)19(3,4)5)8-9-17(22)20-14(2)12-21(6)7;1-2(3)4/h10-11,14,23H,8-9,12H2,1-7H3,(H,20,22);1H3,(H,3,4). The fraction of sp³-hybridized carbons (Fsp3) is 0.619. The second-order valence-corrected chi connectivity index (χ2v) is 8.43. The second kappa shape index (κ2) is 10.9. The molecular weight excluding hydrogens is 344 g/mol. The number of aryl methyl sites for hydroxylation is 2. The smallest absolute Gasteiger partial charge is 0.220 e. The third-order valence-electron chi connectivity index (χ3n) is 3.93. The van der Waals surface area contributed by atoms with Crippen molar-refractivity contribution in [2.24, 2.45) is 0 Å². The Morgan fingerprint density at radius 2 is 1.78 bits per heavy atom. The first kappa shape index (κ1) is 24.9. The zero-order chi connectivity index (χ0) is 21.4. The van der Waals surface area contributed by atoms with Crippen molar-refractivity contribution >= 4 is 11.9 Å². The summed E-state index contributed by atoms with van der Waals surface area (Å²) in [4.78, 5) is 22.3. The number of likely N-dealkylation sites (N-methyl/N-ethyl adjacent to an activating group) is 1. The van der Waals surface area contributed by atoms with Gasteiger partial charge in [0.2, 0.25) is 5.91 Å². The summed E-state index contributed by atoms with van der Waals surface area (Å²) in [5.74, 6) is -0.630. The summed E-state index contributed by atoms with van der Waals surface area (Å²) in [5.41, 5.74) is 2.80. The molecule has 0 saturated heterocycles. The molecule has 1 aromatic carbocycles. The number of rotatable bonds is 6. The van der Waals surface area contributed by atoms with E-state index in [9.17, 15) is 9.90 Å². The van der Waals surface area contributed by atoms with Crippen molar-refractivity contribution in [2.45, 2.75) is 65.8 Å². The Hall–Kier alpha value is -2.08. The maximum atomic E-state index is 12.1. The summed E-state index contributed by atoms with van der Waals surface area (Å²) < 4.78 is 0. The zero-order valence-electron chi connectivity index (χ0n) is 18.0. The van der Waals surface area contributed by atoms with E-state index in [1.807, 2.05) is 26.0 Å². The van der Waals surface area contributed by atoms with E-state index in [1.165, 1.54) is 4.90 Å². The Bertz CT molecular complexity index is 630. The van der Waals surface area contributed by atoms with Gasteiger partial charge < -0.3 is 25.2 Å². The van der Waals surface area contributed by atoms with Crippen molar-refractivity contribution in [3.63, 3.8) is 0 Å². The van der Waals surface area contributed by atoms with E-state index >= 15 is 0 Å². The molecule has 0 heterocycles. The molecule has 1 aromatic rings. The Kier molecular flexibility index (Phi) is 10.1. The fourth-order valence-corrected chi connectivity index (χ4v) is 2.84. The van der Waals surface area contributed by atoms with E-state index in [0.717, 1.165) is 30.2 Å². The summed E-state index contributed by atoms with van der Waals surface area (Å²) in [5, 5.41) is 22.2. The van der Waals surface area contributed by atoms with E-state index in [-0.39, 0.29) is 17.4 Å². The summed E-state index contributed by atoms with van der Waals surface area (Å²) in [6.07, 6.45) is 1.17. The third kappa shape index (κ3) is 10.6. The monoisotopic (exact) mass is 380 g/mol. The van der Waals surface area contributed by atoms with Crippen LogP contribution in [0.5, 0.6) is 5.75 Å². The molecule has 1 atom stereocenters. The number of aliphatic carboxylic acids is 1. The topological polar surface area (TPSA) is 93.9 Å². The zero-order valence-corrected chi connectivity index (χ0v) is 18.0. The minimum Gasteiger partial charge on any atom is -0.550 e. The average molecular weight is 381 g/mol. The van der Waals surface area contributed by atoms with Crippen LogP contribution in [0.25, 0.3) is 0 Å². The quantitative estimate of drug-likeness (QED) is 0.663. The highest BCUT2D eigenvalue weighted by Crippen LogP contribution is 2.34. The Balaban J connectivity index is 0.00000153. The Morgan fingerprint density at radius 3 is 2.22 bits per heavy atom. The van der Waals surface area contributed by atoms with Gasteiger partial charge in [0.1, 0.15) is 5.75 Å². The van der Waals surface area contributed by atoms with Crippen LogP contribution >= 0.6 is 0 Å². The van der Waals surface area contributed by atoms with Gasteiger partial charge in [0.05, 0.1) is 26.7 Å². The number of benzene rings is 1. The molecule has 154 valence electrons. The lowest BCUT2D eigenvalue weighted by Crippen LogP contribution is -3.07. The highest BCUT2D eigenvalue weighted by atomic mass is 16.4. The van der Waals surface area contributed by atoms with Gasteiger partial charge in [-0.05, 0) is 49.3 Å². The molecule has 0 fully saturated rings. The van der Waals surface area contributed by atoms with Gasteiger partial charge in [-0.25, -0.2) is 0 Å². The number of carboxylic acid groups (broad SMARTS) is 1. The highest BCUT2D eigenvalue weighted by Gasteiger charge is 2.20. The van der Waals surface area contributed by atoms with Gasteiger partial charge in [0.25, 0.3) is 0 Å². The molecule has 0 bridgehead atoms. The van der Waals surface area contributed by atoms with Crippen LogP contribution in [0.2, 0.25) is 0 Å². The molecule has 1 amide bonds. The lowest BCUT2D eigenvalue weighted by Gasteiger charge is -2.22. The van der Waals surface area contributed by atoms with Gasteiger partial charge in [0, 0.05) is 12.4 Å². The Morgan fingerprint density at radius 1 is 1.26 bits per heavy atom. The summed E-state index contributed by atoms with van der Waals surface area (Å²) in [7, 11) is 4.16. The first-order chi connectivity index (χ1) is 12.2. The molecule has 27 heavy (non-hydrogen) atoms. The van der Waals surface area contributed by atoms with Crippen LogP contribution in [0, 0.1) is 6.92 Å². The number of carbonyl (C=O) groups is 2. The van der Waals surface area contributed by atoms with E-state index in [2.05, 4.69) is 40.2 Å². The van der Waals surface area contributed by atoms with E-state index in [0.29, 0.717) is 18.6 Å². The van der Waals surface area contributed by atoms with Crippen molar-refractivity contribution in [1.29, 1.82) is 0 Å². The second-order valence-electron chi connectivity index (χ2n) is 8.43. The van der Waals surface area contributed by atoms with Crippen LogP contribution in [0.4, 0.5) is 0 Å². The van der Waals surface area contributed by atoms with Gasteiger partial charge >= 0.3 is 0 Å². The van der Waals surface area contributed by atoms with Gasteiger partial charge in [-0.2, -0.15) is 0 Å². The minimum absolute atomic E-state index is 0.0850. The van der Waals surface area contributed by atoms with Crippen LogP contribution in [0.3, 0.4) is 0 Å². The summed E-state index contributed by atoms with van der Waals surface area (Å²) in [6, 6.07) is 4.19. The molecule has 3 N–H and O–H groups in total. The maximum absolute atomic E-state index is 12.1. The first-order valence-electron chi connectivity index (χ1n) is 9.33.